The van der Waals surface area contributed by atoms with Crippen molar-refractivity contribution in [1.29, 1.82) is 5.26 Å². The molecule has 1 amide bonds. The molecule has 0 unspecified atom stereocenters. The van der Waals surface area contributed by atoms with Gasteiger partial charge < -0.3 is 19.5 Å². The summed E-state index contributed by atoms with van der Waals surface area (Å²) >= 11 is 1.26. The SMILES string of the molecule is CC(=O)OCCCN(C)C(=O)OC[n+]1cnn(C[C@](O)(c2cc(F)ccc2F)[C@@H](C)c2nc(-c3ccc(C#N)cc3)cs2)c1. The van der Waals surface area contributed by atoms with E-state index in [0.29, 0.717) is 29.2 Å². The maximum absolute atomic E-state index is 15.1. The molecule has 230 valence electrons. The van der Waals surface area contributed by atoms with Gasteiger partial charge in [0, 0.05) is 48.0 Å². The molecule has 0 aliphatic carbocycles. The molecule has 11 nitrogen and oxygen atoms in total. The van der Waals surface area contributed by atoms with E-state index in [1.165, 1.54) is 45.1 Å². The largest absolute Gasteiger partial charge is 0.466 e. The van der Waals surface area contributed by atoms with Gasteiger partial charge in [-0.15, -0.1) is 16.0 Å². The summed E-state index contributed by atoms with van der Waals surface area (Å²) < 4.78 is 42.4. The minimum atomic E-state index is -1.99. The van der Waals surface area contributed by atoms with Crippen molar-refractivity contribution in [3.63, 3.8) is 0 Å². The lowest BCUT2D eigenvalue weighted by molar-refractivity contribution is -0.728. The van der Waals surface area contributed by atoms with Gasteiger partial charge in [0.25, 0.3) is 6.33 Å². The monoisotopic (exact) mass is 625 g/mol. The average Bonchev–Trinajstić information content (AvgIpc) is 3.68. The summed E-state index contributed by atoms with van der Waals surface area (Å²) in [5, 5.41) is 27.6. The first-order chi connectivity index (χ1) is 21.0. The summed E-state index contributed by atoms with van der Waals surface area (Å²) in [5.41, 5.74) is -0.378. The van der Waals surface area contributed by atoms with Crippen LogP contribution in [0.1, 0.15) is 42.3 Å². The molecule has 14 heteroatoms. The van der Waals surface area contributed by atoms with Crippen LogP contribution in [0.5, 0.6) is 0 Å². The Morgan fingerprint density at radius 1 is 1.23 bits per heavy atom. The molecule has 0 spiro atoms. The molecule has 0 radical (unpaired) electrons. The number of rotatable bonds is 12. The van der Waals surface area contributed by atoms with Crippen LogP contribution in [-0.2, 0) is 33.1 Å². The molecule has 0 saturated carbocycles. The van der Waals surface area contributed by atoms with Crippen molar-refractivity contribution in [1.82, 2.24) is 19.7 Å². The summed E-state index contributed by atoms with van der Waals surface area (Å²) in [6.07, 6.45) is 2.67. The van der Waals surface area contributed by atoms with Crippen molar-refractivity contribution in [2.24, 2.45) is 0 Å². The molecule has 2 aromatic carbocycles. The topological polar surface area (TPSA) is 134 Å². The van der Waals surface area contributed by atoms with Crippen molar-refractivity contribution >= 4 is 23.4 Å². The molecule has 2 aromatic heterocycles. The quantitative estimate of drug-likeness (QED) is 0.141. The van der Waals surface area contributed by atoms with Crippen molar-refractivity contribution in [2.45, 2.75) is 45.1 Å². The molecule has 0 aliphatic rings. The molecule has 44 heavy (non-hydrogen) atoms. The highest BCUT2D eigenvalue weighted by Crippen LogP contribution is 2.41. The lowest BCUT2D eigenvalue weighted by Gasteiger charge is -2.32. The zero-order valence-corrected chi connectivity index (χ0v) is 25.1. The fourth-order valence-electron chi connectivity index (χ4n) is 4.43. The van der Waals surface area contributed by atoms with Crippen LogP contribution in [0, 0.1) is 23.0 Å². The van der Waals surface area contributed by atoms with Crippen LogP contribution in [0.25, 0.3) is 11.3 Å². The van der Waals surface area contributed by atoms with E-state index < -0.39 is 35.2 Å². The number of hydrogen-bond donors (Lipinski definition) is 1. The zero-order chi connectivity index (χ0) is 31.9. The molecule has 0 fully saturated rings. The number of carbonyl (C=O) groups excluding carboxylic acids is 2. The highest BCUT2D eigenvalue weighted by Gasteiger charge is 2.43. The Hall–Kier alpha value is -4.74. The van der Waals surface area contributed by atoms with Crippen molar-refractivity contribution in [2.75, 3.05) is 20.2 Å². The summed E-state index contributed by atoms with van der Waals surface area (Å²) in [6.45, 7) is 2.98. The van der Waals surface area contributed by atoms with E-state index in [1.807, 2.05) is 0 Å². The van der Waals surface area contributed by atoms with Crippen LogP contribution in [0.2, 0.25) is 0 Å². The van der Waals surface area contributed by atoms with Gasteiger partial charge in [-0.05, 0) is 36.8 Å². The summed E-state index contributed by atoms with van der Waals surface area (Å²) in [6, 6.07) is 11.8. The first-order valence-electron chi connectivity index (χ1n) is 13.6. The van der Waals surface area contributed by atoms with Gasteiger partial charge in [0.05, 0.1) is 28.9 Å². The number of halogens is 2. The molecule has 1 N–H and O–H groups in total. The molecule has 4 aromatic rings. The maximum atomic E-state index is 15.1. The van der Waals surface area contributed by atoms with Crippen LogP contribution in [0.3, 0.4) is 0 Å². The van der Waals surface area contributed by atoms with Gasteiger partial charge in [-0.25, -0.2) is 23.1 Å². The average molecular weight is 626 g/mol. The van der Waals surface area contributed by atoms with Crippen molar-refractivity contribution < 1.29 is 37.5 Å². The standard InChI is InChI=1S/C30H31F2N6O5S/c1-20(28-35-27(15-44-28)23-7-5-22(14-33)6-8-23)30(41,25-13-24(31)9-10-26(25)32)16-38-18-37(17-34-38)19-43-29(40)36(3)11-4-12-42-21(2)39/h5-10,13,15,17-18,20,41H,4,11-12,16,19H2,1-3H3/q+1/t20-,30+/m0/s1. The number of aromatic nitrogens is 4. The number of thiazole rings is 1. The molecule has 0 bridgehead atoms. The van der Waals surface area contributed by atoms with E-state index in [9.17, 15) is 19.1 Å². The predicted molar refractivity (Wildman–Crippen MR) is 154 cm³/mol. The molecule has 2 heterocycles. The fraction of sp³-hybridized carbons (Fsp3) is 0.333. The molecular formula is C30H31F2N6O5S+. The summed E-state index contributed by atoms with van der Waals surface area (Å²) in [7, 11) is 1.55. The molecule has 0 saturated heterocycles. The second-order valence-corrected chi connectivity index (χ2v) is 11.0. The minimum absolute atomic E-state index is 0.180. The second-order valence-electron chi connectivity index (χ2n) is 10.1. The predicted octanol–water partition coefficient (Wildman–Crippen LogP) is 4.11. The van der Waals surface area contributed by atoms with E-state index in [-0.39, 0.29) is 25.4 Å². The number of nitriles is 1. The van der Waals surface area contributed by atoms with E-state index in [1.54, 1.807) is 43.6 Å². The Labute approximate surface area is 256 Å². The Bertz CT molecular complexity index is 1650. The van der Waals surface area contributed by atoms with Crippen LogP contribution in [-0.4, -0.2) is 57.0 Å². The normalized spacial score (nSPS) is 13.0. The number of esters is 1. The van der Waals surface area contributed by atoms with Gasteiger partial charge in [0.2, 0.25) is 13.1 Å². The lowest BCUT2D eigenvalue weighted by Crippen LogP contribution is -2.40. The van der Waals surface area contributed by atoms with Crippen LogP contribution in [0.4, 0.5) is 13.6 Å². The zero-order valence-electron chi connectivity index (χ0n) is 24.3. The fourth-order valence-corrected chi connectivity index (χ4v) is 5.40. The van der Waals surface area contributed by atoms with Gasteiger partial charge in [-0.2, -0.15) is 5.26 Å². The number of nitrogens with zero attached hydrogens (tertiary/aromatic N) is 6. The van der Waals surface area contributed by atoms with Crippen molar-refractivity contribution in [3.8, 4) is 17.3 Å². The van der Waals surface area contributed by atoms with E-state index in [2.05, 4.69) is 16.2 Å². The van der Waals surface area contributed by atoms with Crippen molar-refractivity contribution in [3.05, 3.63) is 88.3 Å². The van der Waals surface area contributed by atoms with Gasteiger partial charge in [0.1, 0.15) is 23.8 Å². The van der Waals surface area contributed by atoms with Crippen LogP contribution in [0.15, 0.2) is 60.5 Å². The van der Waals surface area contributed by atoms with E-state index in [4.69, 9.17) is 14.7 Å². The number of ether oxygens (including phenoxy) is 2. The molecule has 4 rings (SSSR count). The number of aliphatic hydroxyl groups is 1. The van der Waals surface area contributed by atoms with E-state index in [0.717, 1.165) is 23.8 Å². The Morgan fingerprint density at radius 3 is 2.68 bits per heavy atom. The van der Waals surface area contributed by atoms with Crippen LogP contribution < -0.4 is 4.57 Å². The Kier molecular flexibility index (Phi) is 10.4. The number of carbonyl (C=O) groups is 2. The molecule has 2 atom stereocenters. The third-order valence-corrected chi connectivity index (χ3v) is 7.97. The van der Waals surface area contributed by atoms with Gasteiger partial charge in [-0.3, -0.25) is 4.79 Å². The molecule has 0 aliphatic heterocycles. The number of benzene rings is 2. The van der Waals surface area contributed by atoms with Crippen LogP contribution >= 0.6 is 11.3 Å². The smallest absolute Gasteiger partial charge is 0.412 e. The van der Waals surface area contributed by atoms with Gasteiger partial charge in [0.15, 0.2) is 0 Å². The van der Waals surface area contributed by atoms with Gasteiger partial charge in [-0.1, -0.05) is 19.1 Å². The number of hydrogen-bond acceptors (Lipinski definition) is 9. The first-order valence-corrected chi connectivity index (χ1v) is 14.4. The first kappa shape index (κ1) is 32.2. The highest BCUT2D eigenvalue weighted by atomic mass is 32.1. The van der Waals surface area contributed by atoms with Gasteiger partial charge >= 0.3 is 12.1 Å². The minimum Gasteiger partial charge on any atom is -0.466 e. The highest BCUT2D eigenvalue weighted by molar-refractivity contribution is 7.10. The van der Waals surface area contributed by atoms with E-state index >= 15 is 4.39 Å². The third-order valence-electron chi connectivity index (χ3n) is 6.94. The Balaban J connectivity index is 1.51. The number of amides is 1. The summed E-state index contributed by atoms with van der Waals surface area (Å²) in [5.74, 6) is -2.73. The third kappa shape index (κ3) is 7.80. The second kappa shape index (κ2) is 14.2. The summed E-state index contributed by atoms with van der Waals surface area (Å²) in [4.78, 5) is 29.2. The maximum Gasteiger partial charge on any atom is 0.412 e. The Morgan fingerprint density at radius 2 is 1.98 bits per heavy atom. The lowest BCUT2D eigenvalue weighted by atomic mass is 9.82. The molecular weight excluding hydrogens is 594 g/mol.